The SMILES string of the molecule is COC(=O)CCCCCCCCCCC(=O)ON1C(=O)CCC1=O. The molecule has 0 spiro atoms. The lowest BCUT2D eigenvalue weighted by Gasteiger charge is -2.12. The number of amides is 2. The van der Waals surface area contributed by atoms with E-state index in [1.54, 1.807) is 0 Å². The van der Waals surface area contributed by atoms with Gasteiger partial charge < -0.3 is 9.57 Å². The van der Waals surface area contributed by atoms with Crippen LogP contribution in [-0.4, -0.2) is 35.9 Å². The van der Waals surface area contributed by atoms with Gasteiger partial charge in [0.2, 0.25) is 0 Å². The predicted molar refractivity (Wildman–Crippen MR) is 85.4 cm³/mol. The van der Waals surface area contributed by atoms with Crippen LogP contribution >= 0.6 is 0 Å². The zero-order valence-corrected chi connectivity index (χ0v) is 14.4. The highest BCUT2D eigenvalue weighted by Gasteiger charge is 2.32. The summed E-state index contributed by atoms with van der Waals surface area (Å²) in [6, 6.07) is 0. The van der Waals surface area contributed by atoms with E-state index in [4.69, 9.17) is 4.84 Å². The molecule has 1 aliphatic heterocycles. The van der Waals surface area contributed by atoms with Gasteiger partial charge in [0.15, 0.2) is 0 Å². The van der Waals surface area contributed by atoms with Crippen LogP contribution in [0.3, 0.4) is 0 Å². The average molecular weight is 341 g/mol. The number of hydrogen-bond acceptors (Lipinski definition) is 6. The minimum Gasteiger partial charge on any atom is -0.469 e. The standard InChI is InChI=1S/C17H27NO6/c1-23-16(21)10-8-6-4-2-3-5-7-9-11-17(22)24-18-14(19)12-13-15(18)20/h2-13H2,1H3. The summed E-state index contributed by atoms with van der Waals surface area (Å²) < 4.78 is 4.58. The third kappa shape index (κ3) is 8.08. The molecule has 0 aromatic carbocycles. The Hall–Kier alpha value is -1.92. The highest BCUT2D eigenvalue weighted by molar-refractivity contribution is 6.01. The first kappa shape index (κ1) is 20.1. The lowest BCUT2D eigenvalue weighted by Crippen LogP contribution is -2.31. The molecular weight excluding hydrogens is 314 g/mol. The smallest absolute Gasteiger partial charge is 0.333 e. The van der Waals surface area contributed by atoms with Gasteiger partial charge in [0, 0.05) is 25.7 Å². The summed E-state index contributed by atoms with van der Waals surface area (Å²) in [6.07, 6.45) is 8.78. The number of carbonyl (C=O) groups is 4. The minimum atomic E-state index is -0.526. The third-order valence-corrected chi connectivity index (χ3v) is 3.94. The Morgan fingerprint density at radius 1 is 0.792 bits per heavy atom. The van der Waals surface area contributed by atoms with E-state index in [2.05, 4.69) is 4.74 Å². The zero-order valence-electron chi connectivity index (χ0n) is 14.4. The number of rotatable bonds is 12. The molecule has 0 aromatic rings. The molecule has 0 unspecified atom stereocenters. The molecular formula is C17H27NO6. The Balaban J connectivity index is 1.91. The Morgan fingerprint density at radius 2 is 1.21 bits per heavy atom. The minimum absolute atomic E-state index is 0.117. The van der Waals surface area contributed by atoms with Crippen molar-refractivity contribution in [1.82, 2.24) is 5.06 Å². The van der Waals surface area contributed by atoms with Crippen molar-refractivity contribution in [3.05, 3.63) is 0 Å². The van der Waals surface area contributed by atoms with E-state index >= 15 is 0 Å². The fourth-order valence-electron chi connectivity index (χ4n) is 2.51. The van der Waals surface area contributed by atoms with Gasteiger partial charge in [0.05, 0.1) is 7.11 Å². The first-order valence-electron chi connectivity index (χ1n) is 8.68. The average Bonchev–Trinajstić information content (AvgIpc) is 2.88. The molecule has 0 radical (unpaired) electrons. The number of hydroxylamine groups is 2. The van der Waals surface area contributed by atoms with Crippen molar-refractivity contribution < 1.29 is 28.8 Å². The third-order valence-electron chi connectivity index (χ3n) is 3.94. The molecule has 136 valence electrons. The molecule has 1 heterocycles. The van der Waals surface area contributed by atoms with Gasteiger partial charge in [0.25, 0.3) is 11.8 Å². The molecule has 1 saturated heterocycles. The second-order valence-corrected chi connectivity index (χ2v) is 5.95. The first-order valence-corrected chi connectivity index (χ1v) is 8.68. The van der Waals surface area contributed by atoms with Gasteiger partial charge in [-0.15, -0.1) is 5.06 Å². The molecule has 2 amide bonds. The van der Waals surface area contributed by atoms with Crippen LogP contribution in [0.15, 0.2) is 0 Å². The van der Waals surface area contributed by atoms with Crippen LogP contribution < -0.4 is 0 Å². The number of esters is 1. The van der Waals surface area contributed by atoms with Crippen LogP contribution in [0.1, 0.15) is 77.0 Å². The summed E-state index contributed by atoms with van der Waals surface area (Å²) in [5.41, 5.74) is 0. The molecule has 0 aliphatic carbocycles. The number of carbonyl (C=O) groups excluding carboxylic acids is 4. The molecule has 0 N–H and O–H groups in total. The van der Waals surface area contributed by atoms with Crippen LogP contribution in [0.4, 0.5) is 0 Å². The van der Waals surface area contributed by atoms with Crippen molar-refractivity contribution in [1.29, 1.82) is 0 Å². The van der Waals surface area contributed by atoms with Crippen molar-refractivity contribution in [2.75, 3.05) is 7.11 Å². The van der Waals surface area contributed by atoms with Crippen molar-refractivity contribution in [2.24, 2.45) is 0 Å². The lowest BCUT2D eigenvalue weighted by molar-refractivity contribution is -0.197. The summed E-state index contributed by atoms with van der Waals surface area (Å²) in [5.74, 6) is -1.57. The lowest BCUT2D eigenvalue weighted by atomic mass is 10.1. The van der Waals surface area contributed by atoms with Gasteiger partial charge in [0.1, 0.15) is 0 Å². The zero-order chi connectivity index (χ0) is 17.8. The molecule has 1 rings (SSSR count). The summed E-state index contributed by atoms with van der Waals surface area (Å²) in [6.45, 7) is 0. The quantitative estimate of drug-likeness (QED) is 0.308. The van der Waals surface area contributed by atoms with Crippen molar-refractivity contribution in [3.63, 3.8) is 0 Å². The number of methoxy groups -OCH3 is 1. The number of hydrogen-bond donors (Lipinski definition) is 0. The van der Waals surface area contributed by atoms with Gasteiger partial charge >= 0.3 is 11.9 Å². The van der Waals surface area contributed by atoms with Crippen molar-refractivity contribution in [2.45, 2.75) is 77.0 Å². The van der Waals surface area contributed by atoms with E-state index in [9.17, 15) is 19.2 Å². The van der Waals surface area contributed by atoms with Gasteiger partial charge in [-0.3, -0.25) is 14.4 Å². The van der Waals surface area contributed by atoms with Crippen molar-refractivity contribution >= 4 is 23.8 Å². The normalized spacial score (nSPS) is 14.1. The van der Waals surface area contributed by atoms with E-state index in [-0.39, 0.29) is 25.2 Å². The monoisotopic (exact) mass is 341 g/mol. The van der Waals surface area contributed by atoms with E-state index in [1.807, 2.05) is 0 Å². The summed E-state index contributed by atoms with van der Waals surface area (Å²) in [4.78, 5) is 49.9. The van der Waals surface area contributed by atoms with Gasteiger partial charge in [-0.1, -0.05) is 38.5 Å². The number of imide groups is 1. The molecule has 24 heavy (non-hydrogen) atoms. The van der Waals surface area contributed by atoms with Crippen LogP contribution in [-0.2, 0) is 28.8 Å². The Morgan fingerprint density at radius 3 is 1.67 bits per heavy atom. The van der Waals surface area contributed by atoms with Crippen LogP contribution in [0.2, 0.25) is 0 Å². The molecule has 0 saturated carbocycles. The predicted octanol–water partition coefficient (Wildman–Crippen LogP) is 2.67. The van der Waals surface area contributed by atoms with Crippen molar-refractivity contribution in [3.8, 4) is 0 Å². The molecule has 0 bridgehead atoms. The number of unbranched alkanes of at least 4 members (excludes halogenated alkanes) is 7. The number of ether oxygens (including phenoxy) is 1. The Kier molecular flexibility index (Phi) is 9.72. The maximum absolute atomic E-state index is 11.6. The van der Waals surface area contributed by atoms with E-state index in [1.165, 1.54) is 7.11 Å². The molecule has 1 fully saturated rings. The largest absolute Gasteiger partial charge is 0.469 e. The fraction of sp³-hybridized carbons (Fsp3) is 0.765. The topological polar surface area (TPSA) is 90.0 Å². The highest BCUT2D eigenvalue weighted by atomic mass is 16.7. The van der Waals surface area contributed by atoms with E-state index in [0.29, 0.717) is 17.9 Å². The molecule has 1 aliphatic rings. The maximum atomic E-state index is 11.6. The van der Waals surface area contributed by atoms with Crippen LogP contribution in [0, 0.1) is 0 Å². The fourth-order valence-corrected chi connectivity index (χ4v) is 2.51. The number of nitrogens with zero attached hydrogens (tertiary/aromatic N) is 1. The summed E-state index contributed by atoms with van der Waals surface area (Å²) in [5, 5.41) is 0.594. The first-order chi connectivity index (χ1) is 11.5. The molecule has 7 nitrogen and oxygen atoms in total. The maximum Gasteiger partial charge on any atom is 0.333 e. The van der Waals surface area contributed by atoms with Crippen LogP contribution in [0.5, 0.6) is 0 Å². The molecule has 0 atom stereocenters. The second-order valence-electron chi connectivity index (χ2n) is 5.95. The van der Waals surface area contributed by atoms with E-state index in [0.717, 1.165) is 44.9 Å². The van der Waals surface area contributed by atoms with Gasteiger partial charge in [-0.2, -0.15) is 0 Å². The Labute approximate surface area is 142 Å². The summed E-state index contributed by atoms with van der Waals surface area (Å²) >= 11 is 0. The van der Waals surface area contributed by atoms with Gasteiger partial charge in [-0.25, -0.2) is 4.79 Å². The Bertz CT molecular complexity index is 432. The molecule has 0 aromatic heterocycles. The van der Waals surface area contributed by atoms with Gasteiger partial charge in [-0.05, 0) is 12.8 Å². The molecule has 7 heteroatoms. The van der Waals surface area contributed by atoms with Crippen LogP contribution in [0.25, 0.3) is 0 Å². The highest BCUT2D eigenvalue weighted by Crippen LogP contribution is 2.14. The van der Waals surface area contributed by atoms with E-state index < -0.39 is 17.8 Å². The summed E-state index contributed by atoms with van der Waals surface area (Å²) in [7, 11) is 1.40. The second kappa shape index (κ2) is 11.6.